The molecule has 0 spiro atoms. The van der Waals surface area contributed by atoms with Gasteiger partial charge in [0.25, 0.3) is 0 Å². The number of ether oxygens (including phenoxy) is 1. The molecule has 3 atom stereocenters. The van der Waals surface area contributed by atoms with Crippen LogP contribution >= 0.6 is 0 Å². The summed E-state index contributed by atoms with van der Waals surface area (Å²) in [6, 6.07) is 12.5. The van der Waals surface area contributed by atoms with E-state index in [0.29, 0.717) is 24.5 Å². The van der Waals surface area contributed by atoms with E-state index in [-0.39, 0.29) is 28.6 Å². The number of alkyl halides is 5. The highest BCUT2D eigenvalue weighted by Gasteiger charge is 2.56. The van der Waals surface area contributed by atoms with Crippen molar-refractivity contribution in [2.24, 2.45) is 0 Å². The first-order valence-electron chi connectivity index (χ1n) is 13.9. The molecule has 0 amide bonds. The van der Waals surface area contributed by atoms with Crippen LogP contribution in [0.15, 0.2) is 42.5 Å². The van der Waals surface area contributed by atoms with Crippen molar-refractivity contribution in [2.45, 2.75) is 94.6 Å². The highest BCUT2D eigenvalue weighted by molar-refractivity contribution is 7.84. The van der Waals surface area contributed by atoms with Gasteiger partial charge >= 0.3 is 12.1 Å². The molecule has 1 heterocycles. The van der Waals surface area contributed by atoms with Crippen molar-refractivity contribution in [1.29, 1.82) is 0 Å². The van der Waals surface area contributed by atoms with E-state index in [0.717, 1.165) is 56.1 Å². The molecule has 0 saturated carbocycles. The minimum atomic E-state index is -5.56. The normalized spacial score (nSPS) is 20.1. The second-order valence-electron chi connectivity index (χ2n) is 10.9. The summed E-state index contributed by atoms with van der Waals surface area (Å²) in [5.74, 6) is -3.28. The predicted molar refractivity (Wildman–Crippen MR) is 147 cm³/mol. The minimum absolute atomic E-state index is 0.135. The van der Waals surface area contributed by atoms with E-state index in [1.54, 1.807) is 24.3 Å². The maximum Gasteiger partial charge on any atom is 0.453 e. The Morgan fingerprint density at radius 3 is 2.08 bits per heavy atom. The summed E-state index contributed by atoms with van der Waals surface area (Å²) >= 11 is 0. The number of halogens is 5. The van der Waals surface area contributed by atoms with Gasteiger partial charge in [0, 0.05) is 46.1 Å². The van der Waals surface area contributed by atoms with E-state index in [1.165, 1.54) is 0 Å². The highest BCUT2D eigenvalue weighted by Crippen LogP contribution is 2.49. The van der Waals surface area contributed by atoms with Gasteiger partial charge in [-0.3, -0.25) is 4.21 Å². The third kappa shape index (κ3) is 8.57. The summed E-state index contributed by atoms with van der Waals surface area (Å²) in [4.78, 5) is 0. The summed E-state index contributed by atoms with van der Waals surface area (Å²) in [6.07, 6.45) is 0.205. The number of fused-ring (bicyclic) bond motifs is 1. The SMILES string of the molecule is CC1(c2ccc(O)cc2)COc2cc(O)ccc2C1CCCCCCCCCS(=O)CCCC(F)(F)C(F)(F)F. The van der Waals surface area contributed by atoms with Gasteiger partial charge in [-0.25, -0.2) is 0 Å². The van der Waals surface area contributed by atoms with Crippen LogP contribution in [0.2, 0.25) is 0 Å². The van der Waals surface area contributed by atoms with Crippen molar-refractivity contribution < 1.29 is 41.1 Å². The Bertz CT molecular complexity index is 1110. The van der Waals surface area contributed by atoms with Crippen LogP contribution in [-0.4, -0.2) is 44.6 Å². The molecule has 0 fully saturated rings. The Morgan fingerprint density at radius 1 is 0.850 bits per heavy atom. The van der Waals surface area contributed by atoms with Gasteiger partial charge in [-0.1, -0.05) is 63.6 Å². The molecule has 1 aliphatic heterocycles. The first kappa shape index (κ1) is 32.2. The Hall–Kier alpha value is -2.36. The number of aromatic hydroxyl groups is 2. The van der Waals surface area contributed by atoms with Gasteiger partial charge in [-0.15, -0.1) is 0 Å². The fraction of sp³-hybridized carbons (Fsp3) is 0.600. The van der Waals surface area contributed by atoms with Crippen LogP contribution in [0, 0.1) is 0 Å². The lowest BCUT2D eigenvalue weighted by molar-refractivity contribution is -0.284. The zero-order valence-corrected chi connectivity index (χ0v) is 23.6. The van der Waals surface area contributed by atoms with Gasteiger partial charge in [0.1, 0.15) is 17.2 Å². The third-order valence-corrected chi connectivity index (χ3v) is 9.33. The van der Waals surface area contributed by atoms with E-state index in [4.69, 9.17) is 4.74 Å². The van der Waals surface area contributed by atoms with Crippen molar-refractivity contribution in [2.75, 3.05) is 18.1 Å². The van der Waals surface area contributed by atoms with Crippen molar-refractivity contribution in [3.63, 3.8) is 0 Å². The second kappa shape index (κ2) is 14.0. The summed E-state index contributed by atoms with van der Waals surface area (Å²) in [7, 11) is -1.38. The van der Waals surface area contributed by atoms with Crippen LogP contribution in [0.25, 0.3) is 0 Å². The number of phenols is 2. The molecule has 0 aromatic heterocycles. The maximum absolute atomic E-state index is 12.9. The quantitative estimate of drug-likeness (QED) is 0.162. The van der Waals surface area contributed by atoms with Crippen LogP contribution < -0.4 is 4.74 Å². The number of hydrogen-bond acceptors (Lipinski definition) is 4. The van der Waals surface area contributed by atoms with Crippen LogP contribution in [0.1, 0.15) is 88.2 Å². The standard InChI is InChI=1S/C30H39F5O4S/c1-28(22-11-13-23(36)14-12-22)21-39-27-20-24(37)15-16-25(27)26(28)10-7-5-3-2-4-6-8-18-40(38)19-9-17-29(31,32)30(33,34)35/h11-16,20,26,36-37H,2-10,17-19,21H2,1H3. The third-order valence-electron chi connectivity index (χ3n) is 7.84. The summed E-state index contributed by atoms with van der Waals surface area (Å²) in [5.41, 5.74) is 1.85. The lowest BCUT2D eigenvalue weighted by Gasteiger charge is -2.43. The zero-order chi connectivity index (χ0) is 29.4. The first-order valence-corrected chi connectivity index (χ1v) is 15.4. The number of phenolic OH excluding ortho intramolecular Hbond substituents is 2. The molecule has 0 radical (unpaired) electrons. The van der Waals surface area contributed by atoms with Crippen LogP contribution in [0.5, 0.6) is 17.2 Å². The molecule has 2 N–H and O–H groups in total. The monoisotopic (exact) mass is 590 g/mol. The molecule has 2 aromatic carbocycles. The minimum Gasteiger partial charge on any atom is -0.508 e. The Balaban J connectivity index is 1.38. The lowest BCUT2D eigenvalue weighted by atomic mass is 9.66. The maximum atomic E-state index is 12.9. The zero-order valence-electron chi connectivity index (χ0n) is 22.8. The predicted octanol–water partition coefficient (Wildman–Crippen LogP) is 8.38. The summed E-state index contributed by atoms with van der Waals surface area (Å²) in [6.45, 7) is 2.64. The van der Waals surface area contributed by atoms with Crippen molar-refractivity contribution in [3.05, 3.63) is 53.6 Å². The van der Waals surface area contributed by atoms with Gasteiger partial charge in [0.2, 0.25) is 0 Å². The summed E-state index contributed by atoms with van der Waals surface area (Å²) < 4.78 is 80.4. The molecule has 0 bridgehead atoms. The number of benzene rings is 2. The molecule has 2 aromatic rings. The molecule has 10 heteroatoms. The second-order valence-corrected chi connectivity index (χ2v) is 12.6. The van der Waals surface area contributed by atoms with Gasteiger partial charge in [0.15, 0.2) is 0 Å². The molecule has 40 heavy (non-hydrogen) atoms. The molecular weight excluding hydrogens is 551 g/mol. The molecule has 1 aliphatic rings. The topological polar surface area (TPSA) is 66.8 Å². The number of rotatable bonds is 15. The average molecular weight is 591 g/mol. The molecule has 3 rings (SSSR count). The van der Waals surface area contributed by atoms with Gasteiger partial charge < -0.3 is 14.9 Å². The lowest BCUT2D eigenvalue weighted by Crippen LogP contribution is -2.40. The average Bonchev–Trinajstić information content (AvgIpc) is 2.88. The van der Waals surface area contributed by atoms with Crippen LogP contribution in [0.4, 0.5) is 22.0 Å². The molecule has 0 saturated heterocycles. The van der Waals surface area contributed by atoms with Crippen molar-refractivity contribution >= 4 is 10.8 Å². The molecule has 224 valence electrons. The Labute approximate surface area is 235 Å². The van der Waals surface area contributed by atoms with E-state index in [9.17, 15) is 36.4 Å². The molecule has 3 unspecified atom stereocenters. The van der Waals surface area contributed by atoms with E-state index >= 15 is 0 Å². The fourth-order valence-electron chi connectivity index (χ4n) is 5.40. The van der Waals surface area contributed by atoms with E-state index < -0.39 is 35.7 Å². The number of unbranched alkanes of at least 4 members (excludes halogenated alkanes) is 6. The smallest absolute Gasteiger partial charge is 0.453 e. The van der Waals surface area contributed by atoms with Crippen molar-refractivity contribution in [1.82, 2.24) is 0 Å². The largest absolute Gasteiger partial charge is 0.508 e. The van der Waals surface area contributed by atoms with Gasteiger partial charge in [-0.05, 0) is 48.6 Å². The molecule has 0 aliphatic carbocycles. The Kier molecular flexibility index (Phi) is 11.3. The van der Waals surface area contributed by atoms with Crippen LogP contribution in [-0.2, 0) is 16.2 Å². The molecule has 4 nitrogen and oxygen atoms in total. The molecular formula is C30H39F5O4S. The number of hydrogen-bond donors (Lipinski definition) is 2. The summed E-state index contributed by atoms with van der Waals surface area (Å²) in [5, 5.41) is 19.7. The Morgan fingerprint density at radius 2 is 1.43 bits per heavy atom. The van der Waals surface area contributed by atoms with Gasteiger partial charge in [-0.2, -0.15) is 22.0 Å². The first-order chi connectivity index (χ1) is 18.8. The van der Waals surface area contributed by atoms with Crippen molar-refractivity contribution in [3.8, 4) is 17.2 Å². The van der Waals surface area contributed by atoms with E-state index in [1.807, 2.05) is 18.2 Å². The van der Waals surface area contributed by atoms with Crippen LogP contribution in [0.3, 0.4) is 0 Å². The fourth-order valence-corrected chi connectivity index (χ4v) is 6.60. The highest BCUT2D eigenvalue weighted by atomic mass is 32.2. The van der Waals surface area contributed by atoms with Gasteiger partial charge in [0.05, 0.1) is 6.61 Å². The van der Waals surface area contributed by atoms with E-state index in [2.05, 4.69) is 6.92 Å².